The highest BCUT2D eigenvalue weighted by Crippen LogP contribution is 2.27. The minimum atomic E-state index is 0.0376. The van der Waals surface area contributed by atoms with Crippen LogP contribution in [0.25, 0.3) is 10.9 Å². The third-order valence-corrected chi connectivity index (χ3v) is 5.01. The van der Waals surface area contributed by atoms with Gasteiger partial charge < -0.3 is 25.6 Å². The molecule has 1 saturated heterocycles. The first kappa shape index (κ1) is 20.1. The fraction of sp³-hybridized carbons (Fsp3) is 0.550. The highest BCUT2D eigenvalue weighted by Gasteiger charge is 2.18. The van der Waals surface area contributed by atoms with Crippen LogP contribution in [0.15, 0.2) is 18.2 Å². The molecule has 8 heteroatoms. The van der Waals surface area contributed by atoms with Crippen LogP contribution in [0.4, 0.5) is 11.8 Å². The average molecular weight is 387 g/mol. The molecule has 0 saturated carbocycles. The summed E-state index contributed by atoms with van der Waals surface area (Å²) in [6.07, 6.45) is 2.66. The number of nitrogens with zero attached hydrogens (tertiary/aromatic N) is 3. The molecule has 0 aliphatic carbocycles. The topological polar surface area (TPSA) is 91.4 Å². The Morgan fingerprint density at radius 2 is 2.04 bits per heavy atom. The number of anilines is 2. The third-order valence-electron chi connectivity index (χ3n) is 5.01. The van der Waals surface area contributed by atoms with Gasteiger partial charge >= 0.3 is 0 Å². The molecule has 152 valence electrons. The van der Waals surface area contributed by atoms with Gasteiger partial charge in [-0.25, -0.2) is 4.98 Å². The monoisotopic (exact) mass is 386 g/mol. The van der Waals surface area contributed by atoms with Crippen LogP contribution < -0.4 is 20.7 Å². The lowest BCUT2D eigenvalue weighted by Crippen LogP contribution is -2.37. The molecular formula is C20H30N6O2. The van der Waals surface area contributed by atoms with Gasteiger partial charge in [0.25, 0.3) is 0 Å². The molecule has 2 aromatic rings. The number of nitrogens with one attached hydrogen (secondary N) is 3. The van der Waals surface area contributed by atoms with Crippen LogP contribution in [0.5, 0.6) is 5.75 Å². The average Bonchev–Trinajstić information content (AvgIpc) is 2.72. The van der Waals surface area contributed by atoms with Gasteiger partial charge in [-0.1, -0.05) is 6.92 Å². The molecule has 3 N–H and O–H groups in total. The number of hydrogen-bond acceptors (Lipinski definition) is 7. The van der Waals surface area contributed by atoms with Crippen molar-refractivity contribution in [3.8, 4) is 5.75 Å². The Hall–Kier alpha value is -2.61. The smallest absolute Gasteiger partial charge is 0.225 e. The van der Waals surface area contributed by atoms with Crippen molar-refractivity contribution < 1.29 is 9.53 Å². The summed E-state index contributed by atoms with van der Waals surface area (Å²) < 4.78 is 5.35. The Labute approximate surface area is 166 Å². The summed E-state index contributed by atoms with van der Waals surface area (Å²) in [7, 11) is 3.80. The van der Waals surface area contributed by atoms with E-state index in [1.54, 1.807) is 7.11 Å². The van der Waals surface area contributed by atoms with E-state index < -0.39 is 0 Å². The Morgan fingerprint density at radius 3 is 2.75 bits per heavy atom. The number of aromatic nitrogens is 2. The Kier molecular flexibility index (Phi) is 6.86. The number of fused-ring (bicyclic) bond motifs is 1. The molecule has 1 aromatic carbocycles. The van der Waals surface area contributed by atoms with Gasteiger partial charge in [-0.2, -0.15) is 4.98 Å². The van der Waals surface area contributed by atoms with Gasteiger partial charge in [0.15, 0.2) is 0 Å². The first-order valence-electron chi connectivity index (χ1n) is 9.90. The van der Waals surface area contributed by atoms with E-state index in [2.05, 4.69) is 32.9 Å². The largest absolute Gasteiger partial charge is 0.497 e. The SMILES string of the molecule is CCC(=O)NCCNc1nc(NC2CCN(C)CC2)c2ccc(OC)cc2n1. The maximum atomic E-state index is 11.4. The first-order chi connectivity index (χ1) is 13.6. The highest BCUT2D eigenvalue weighted by molar-refractivity contribution is 5.91. The number of carbonyl (C=O) groups is 1. The number of likely N-dealkylation sites (tertiary alicyclic amines) is 1. The highest BCUT2D eigenvalue weighted by atomic mass is 16.5. The van der Waals surface area contributed by atoms with Crippen molar-refractivity contribution in [1.82, 2.24) is 20.2 Å². The molecule has 2 heterocycles. The summed E-state index contributed by atoms with van der Waals surface area (Å²) in [5, 5.41) is 10.6. The lowest BCUT2D eigenvalue weighted by Gasteiger charge is -2.30. The molecule has 8 nitrogen and oxygen atoms in total. The number of piperidine rings is 1. The molecule has 3 rings (SSSR count). The van der Waals surface area contributed by atoms with Crippen molar-refractivity contribution in [2.24, 2.45) is 0 Å². The van der Waals surface area contributed by atoms with Crippen LogP contribution in [0, 0.1) is 0 Å². The van der Waals surface area contributed by atoms with Crippen molar-refractivity contribution >= 4 is 28.6 Å². The quantitative estimate of drug-likeness (QED) is 0.598. The van der Waals surface area contributed by atoms with Crippen molar-refractivity contribution in [1.29, 1.82) is 0 Å². The normalized spacial score (nSPS) is 15.4. The fourth-order valence-corrected chi connectivity index (χ4v) is 3.27. The summed E-state index contributed by atoms with van der Waals surface area (Å²) in [5.41, 5.74) is 0.824. The summed E-state index contributed by atoms with van der Waals surface area (Å²) in [6, 6.07) is 6.24. The van der Waals surface area contributed by atoms with E-state index >= 15 is 0 Å². The summed E-state index contributed by atoms with van der Waals surface area (Å²) in [5.74, 6) is 2.18. The number of ether oxygens (including phenoxy) is 1. The summed E-state index contributed by atoms with van der Waals surface area (Å²) in [4.78, 5) is 23.0. The molecule has 1 aliphatic rings. The van der Waals surface area contributed by atoms with E-state index in [1.807, 2.05) is 25.1 Å². The number of hydrogen-bond donors (Lipinski definition) is 3. The van der Waals surface area contributed by atoms with Gasteiger partial charge in [0, 0.05) is 37.0 Å². The van der Waals surface area contributed by atoms with Crippen molar-refractivity contribution in [2.75, 3.05) is 51.0 Å². The second kappa shape index (κ2) is 9.54. The first-order valence-corrected chi connectivity index (χ1v) is 9.90. The third kappa shape index (κ3) is 5.22. The number of amides is 1. The van der Waals surface area contributed by atoms with Crippen LogP contribution in [0.1, 0.15) is 26.2 Å². The minimum absolute atomic E-state index is 0.0376. The Bertz CT molecular complexity index is 805. The lowest BCUT2D eigenvalue weighted by atomic mass is 10.1. The maximum absolute atomic E-state index is 11.4. The van der Waals surface area contributed by atoms with E-state index in [0.717, 1.165) is 48.4 Å². The van der Waals surface area contributed by atoms with Crippen LogP contribution in [0.2, 0.25) is 0 Å². The van der Waals surface area contributed by atoms with E-state index in [9.17, 15) is 4.79 Å². The van der Waals surface area contributed by atoms with Crippen molar-refractivity contribution in [2.45, 2.75) is 32.2 Å². The fourth-order valence-electron chi connectivity index (χ4n) is 3.27. The molecule has 0 unspecified atom stereocenters. The molecule has 1 amide bonds. The van der Waals surface area contributed by atoms with E-state index in [1.165, 1.54) is 0 Å². The van der Waals surface area contributed by atoms with Crippen LogP contribution in [-0.4, -0.2) is 67.2 Å². The standard InChI is InChI=1S/C20H30N6O2/c1-4-18(27)21-9-10-22-20-24-17-13-15(28-3)5-6-16(17)19(25-20)23-14-7-11-26(2)12-8-14/h5-6,13-14H,4,7-12H2,1-3H3,(H,21,27)(H2,22,23,24,25). The number of methoxy groups -OCH3 is 1. The number of benzene rings is 1. The van der Waals surface area contributed by atoms with Gasteiger partial charge in [0.1, 0.15) is 11.6 Å². The van der Waals surface area contributed by atoms with E-state index in [4.69, 9.17) is 9.72 Å². The zero-order chi connectivity index (χ0) is 19.9. The molecular weight excluding hydrogens is 356 g/mol. The number of rotatable bonds is 8. The second-order valence-electron chi connectivity index (χ2n) is 7.13. The Balaban J connectivity index is 1.77. The maximum Gasteiger partial charge on any atom is 0.225 e. The molecule has 0 spiro atoms. The molecule has 1 aromatic heterocycles. The molecule has 0 radical (unpaired) electrons. The van der Waals surface area contributed by atoms with Gasteiger partial charge in [-0.05, 0) is 45.1 Å². The Morgan fingerprint density at radius 1 is 1.25 bits per heavy atom. The van der Waals surface area contributed by atoms with Gasteiger partial charge in [-0.3, -0.25) is 4.79 Å². The molecule has 0 atom stereocenters. The van der Waals surface area contributed by atoms with Crippen molar-refractivity contribution in [3.63, 3.8) is 0 Å². The molecule has 28 heavy (non-hydrogen) atoms. The van der Waals surface area contributed by atoms with E-state index in [0.29, 0.717) is 31.5 Å². The number of carbonyl (C=O) groups excluding carboxylic acids is 1. The predicted octanol–water partition coefficient (Wildman–Crippen LogP) is 2.08. The molecule has 1 aliphatic heterocycles. The summed E-state index contributed by atoms with van der Waals surface area (Å²) >= 11 is 0. The zero-order valence-corrected chi connectivity index (χ0v) is 16.9. The predicted molar refractivity (Wildman–Crippen MR) is 112 cm³/mol. The van der Waals surface area contributed by atoms with Crippen LogP contribution >= 0.6 is 0 Å². The van der Waals surface area contributed by atoms with E-state index in [-0.39, 0.29) is 5.91 Å². The lowest BCUT2D eigenvalue weighted by molar-refractivity contribution is -0.120. The summed E-state index contributed by atoms with van der Waals surface area (Å²) in [6.45, 7) is 5.09. The second-order valence-corrected chi connectivity index (χ2v) is 7.13. The molecule has 0 bridgehead atoms. The van der Waals surface area contributed by atoms with Crippen molar-refractivity contribution in [3.05, 3.63) is 18.2 Å². The zero-order valence-electron chi connectivity index (χ0n) is 16.9. The minimum Gasteiger partial charge on any atom is -0.497 e. The van der Waals surface area contributed by atoms with Gasteiger partial charge in [0.2, 0.25) is 11.9 Å². The van der Waals surface area contributed by atoms with Crippen LogP contribution in [-0.2, 0) is 4.79 Å². The molecule has 1 fully saturated rings. The van der Waals surface area contributed by atoms with Crippen LogP contribution in [0.3, 0.4) is 0 Å². The van der Waals surface area contributed by atoms with Gasteiger partial charge in [0.05, 0.1) is 12.6 Å². The van der Waals surface area contributed by atoms with Gasteiger partial charge in [-0.15, -0.1) is 0 Å².